The van der Waals surface area contributed by atoms with Crippen LogP contribution < -0.4 is 10.9 Å². The second-order valence-corrected chi connectivity index (χ2v) is 7.33. The predicted molar refractivity (Wildman–Crippen MR) is 117 cm³/mol. The molecule has 158 valence electrons. The number of para-hydroxylation sites is 1. The Balaban J connectivity index is 1.51. The van der Waals surface area contributed by atoms with E-state index in [-0.39, 0.29) is 24.4 Å². The van der Waals surface area contributed by atoms with Crippen molar-refractivity contribution in [1.82, 2.24) is 19.6 Å². The molecule has 0 unspecified atom stereocenters. The quantitative estimate of drug-likeness (QED) is 0.516. The fourth-order valence-electron chi connectivity index (χ4n) is 3.64. The number of benzene rings is 2. The molecule has 0 saturated heterocycles. The van der Waals surface area contributed by atoms with Crippen molar-refractivity contribution in [1.29, 1.82) is 0 Å². The lowest BCUT2D eigenvalue weighted by Crippen LogP contribution is -2.25. The smallest absolute Gasteiger partial charge is 0.295 e. The van der Waals surface area contributed by atoms with E-state index in [0.29, 0.717) is 23.3 Å². The van der Waals surface area contributed by atoms with Gasteiger partial charge in [0.2, 0.25) is 5.91 Å². The van der Waals surface area contributed by atoms with Gasteiger partial charge in [-0.2, -0.15) is 10.2 Å². The summed E-state index contributed by atoms with van der Waals surface area (Å²) in [6.07, 6.45) is 0.594. The highest BCUT2D eigenvalue weighted by atomic mass is 19.1. The van der Waals surface area contributed by atoms with Crippen LogP contribution in [0.2, 0.25) is 0 Å². The summed E-state index contributed by atoms with van der Waals surface area (Å²) in [5.74, 6) is -0.664. The standard InChI is InChI=1S/C23H22FN5O2/c1-15-21-16(2)29(19-10-4-3-5-11-19)27-22(21)23(31)28(26-15)13-7-12-20(30)25-18-9-6-8-17(24)14-18/h3-6,8-11,14H,7,12-13H2,1-2H3,(H,25,30). The van der Waals surface area contributed by atoms with E-state index in [9.17, 15) is 14.0 Å². The number of fused-ring (bicyclic) bond motifs is 1. The van der Waals surface area contributed by atoms with Gasteiger partial charge in [-0.1, -0.05) is 24.3 Å². The van der Waals surface area contributed by atoms with Gasteiger partial charge in [-0.05, 0) is 50.6 Å². The third kappa shape index (κ3) is 4.23. The van der Waals surface area contributed by atoms with Crippen molar-refractivity contribution in [2.75, 3.05) is 5.32 Å². The fraction of sp³-hybridized carbons (Fsp3) is 0.217. The largest absolute Gasteiger partial charge is 0.326 e. The van der Waals surface area contributed by atoms with Crippen LogP contribution in [0.4, 0.5) is 10.1 Å². The van der Waals surface area contributed by atoms with E-state index < -0.39 is 5.82 Å². The number of amides is 1. The molecule has 2 aromatic carbocycles. The van der Waals surface area contributed by atoms with Crippen molar-refractivity contribution in [2.45, 2.75) is 33.2 Å². The first-order valence-electron chi connectivity index (χ1n) is 10.0. The molecule has 0 spiro atoms. The molecule has 2 aromatic heterocycles. The van der Waals surface area contributed by atoms with Gasteiger partial charge in [-0.3, -0.25) is 9.59 Å². The second kappa shape index (κ2) is 8.51. The zero-order valence-electron chi connectivity index (χ0n) is 17.3. The maximum atomic E-state index is 13.2. The first-order valence-corrected chi connectivity index (χ1v) is 10.0. The third-order valence-corrected chi connectivity index (χ3v) is 5.07. The Morgan fingerprint density at radius 1 is 1.06 bits per heavy atom. The zero-order chi connectivity index (χ0) is 22.0. The molecule has 7 nitrogen and oxygen atoms in total. The Morgan fingerprint density at radius 2 is 1.84 bits per heavy atom. The van der Waals surface area contributed by atoms with Gasteiger partial charge in [0.15, 0.2) is 5.52 Å². The molecule has 4 rings (SSSR count). The second-order valence-electron chi connectivity index (χ2n) is 7.33. The van der Waals surface area contributed by atoms with Crippen LogP contribution in [-0.4, -0.2) is 25.5 Å². The number of carbonyl (C=O) groups is 1. The van der Waals surface area contributed by atoms with E-state index in [1.165, 1.54) is 22.9 Å². The average Bonchev–Trinajstić information content (AvgIpc) is 3.10. The number of anilines is 1. The Labute approximate surface area is 178 Å². The van der Waals surface area contributed by atoms with Crippen LogP contribution in [0.3, 0.4) is 0 Å². The number of aryl methyl sites for hydroxylation is 3. The Morgan fingerprint density at radius 3 is 2.58 bits per heavy atom. The van der Waals surface area contributed by atoms with Gasteiger partial charge in [0, 0.05) is 18.7 Å². The van der Waals surface area contributed by atoms with Gasteiger partial charge in [-0.25, -0.2) is 13.8 Å². The molecule has 1 amide bonds. The van der Waals surface area contributed by atoms with Crippen LogP contribution in [-0.2, 0) is 11.3 Å². The molecule has 0 aliphatic rings. The van der Waals surface area contributed by atoms with Crippen LogP contribution >= 0.6 is 0 Å². The SMILES string of the molecule is Cc1nn(CCCC(=O)Nc2cccc(F)c2)c(=O)c2nn(-c3ccccc3)c(C)c12. The van der Waals surface area contributed by atoms with Gasteiger partial charge < -0.3 is 5.32 Å². The minimum Gasteiger partial charge on any atom is -0.326 e. The van der Waals surface area contributed by atoms with E-state index in [0.717, 1.165) is 16.8 Å². The van der Waals surface area contributed by atoms with Gasteiger partial charge >= 0.3 is 0 Å². The van der Waals surface area contributed by atoms with Gasteiger partial charge in [0.1, 0.15) is 5.82 Å². The molecule has 2 heterocycles. The van der Waals surface area contributed by atoms with Crippen molar-refractivity contribution in [3.05, 3.63) is 82.2 Å². The normalized spacial score (nSPS) is 11.1. The maximum Gasteiger partial charge on any atom is 0.295 e. The summed E-state index contributed by atoms with van der Waals surface area (Å²) in [6.45, 7) is 4.04. The molecule has 0 aliphatic heterocycles. The minimum atomic E-state index is -0.414. The Bertz CT molecular complexity index is 1310. The van der Waals surface area contributed by atoms with Crippen molar-refractivity contribution in [3.63, 3.8) is 0 Å². The number of halogens is 1. The van der Waals surface area contributed by atoms with Crippen molar-refractivity contribution < 1.29 is 9.18 Å². The summed E-state index contributed by atoms with van der Waals surface area (Å²) < 4.78 is 16.3. The van der Waals surface area contributed by atoms with E-state index in [4.69, 9.17) is 0 Å². The van der Waals surface area contributed by atoms with Gasteiger partial charge in [-0.15, -0.1) is 0 Å². The van der Waals surface area contributed by atoms with Crippen molar-refractivity contribution in [2.24, 2.45) is 0 Å². The van der Waals surface area contributed by atoms with Crippen LogP contribution in [0.25, 0.3) is 16.6 Å². The lowest BCUT2D eigenvalue weighted by molar-refractivity contribution is -0.116. The maximum absolute atomic E-state index is 13.2. The lowest BCUT2D eigenvalue weighted by atomic mass is 10.2. The van der Waals surface area contributed by atoms with Crippen LogP contribution in [0.15, 0.2) is 59.4 Å². The molecular weight excluding hydrogens is 397 g/mol. The lowest BCUT2D eigenvalue weighted by Gasteiger charge is -2.07. The molecule has 0 bridgehead atoms. The highest BCUT2D eigenvalue weighted by molar-refractivity contribution is 5.90. The van der Waals surface area contributed by atoms with Gasteiger partial charge in [0.25, 0.3) is 5.56 Å². The fourth-order valence-corrected chi connectivity index (χ4v) is 3.64. The van der Waals surface area contributed by atoms with E-state index >= 15 is 0 Å². The molecule has 0 fully saturated rings. The van der Waals surface area contributed by atoms with Crippen LogP contribution in [0.1, 0.15) is 24.2 Å². The minimum absolute atomic E-state index is 0.180. The summed E-state index contributed by atoms with van der Waals surface area (Å²) in [7, 11) is 0. The van der Waals surface area contributed by atoms with Gasteiger partial charge in [0.05, 0.1) is 22.5 Å². The first-order chi connectivity index (χ1) is 14.9. The Kier molecular flexibility index (Phi) is 5.62. The highest BCUT2D eigenvalue weighted by Gasteiger charge is 2.17. The molecule has 0 aliphatic carbocycles. The molecule has 1 N–H and O–H groups in total. The topological polar surface area (TPSA) is 81.8 Å². The van der Waals surface area contributed by atoms with Crippen molar-refractivity contribution in [3.8, 4) is 5.69 Å². The number of hydrogen-bond acceptors (Lipinski definition) is 4. The van der Waals surface area contributed by atoms with E-state index in [1.807, 2.05) is 44.2 Å². The molecule has 0 radical (unpaired) electrons. The molecule has 8 heteroatoms. The first kappa shape index (κ1) is 20.5. The number of nitrogens with zero attached hydrogens (tertiary/aromatic N) is 4. The van der Waals surface area contributed by atoms with Crippen molar-refractivity contribution >= 4 is 22.5 Å². The van der Waals surface area contributed by atoms with Crippen LogP contribution in [0.5, 0.6) is 0 Å². The molecule has 0 atom stereocenters. The Hall–Kier alpha value is -3.81. The number of rotatable bonds is 6. The third-order valence-electron chi connectivity index (χ3n) is 5.07. The monoisotopic (exact) mass is 419 g/mol. The zero-order valence-corrected chi connectivity index (χ0v) is 17.3. The highest BCUT2D eigenvalue weighted by Crippen LogP contribution is 2.21. The molecule has 31 heavy (non-hydrogen) atoms. The summed E-state index contributed by atoms with van der Waals surface area (Å²) in [5.41, 5.74) is 2.90. The summed E-state index contributed by atoms with van der Waals surface area (Å²) in [4.78, 5) is 25.1. The summed E-state index contributed by atoms with van der Waals surface area (Å²) in [5, 5.41) is 12.4. The number of nitrogens with one attached hydrogen (secondary N) is 1. The number of aromatic nitrogens is 4. The predicted octanol–water partition coefficient (Wildman–Crippen LogP) is 3.76. The van der Waals surface area contributed by atoms with Crippen LogP contribution in [0, 0.1) is 19.7 Å². The average molecular weight is 419 g/mol. The molecule has 4 aromatic rings. The number of hydrogen-bond donors (Lipinski definition) is 1. The van der Waals surface area contributed by atoms with E-state index in [1.54, 1.807) is 10.7 Å². The van der Waals surface area contributed by atoms with E-state index in [2.05, 4.69) is 15.5 Å². The molecular formula is C23H22FN5O2. The number of carbonyl (C=O) groups excluding carboxylic acids is 1. The summed E-state index contributed by atoms with van der Waals surface area (Å²) in [6, 6.07) is 15.3. The molecule has 0 saturated carbocycles. The summed E-state index contributed by atoms with van der Waals surface area (Å²) >= 11 is 0.